The topological polar surface area (TPSA) is 116 Å². The standard InChI is InChI=1S/C37H49N7O3/c1-25-20-26(22-31-24-39-41-35(25)31)21-30(36(46)43-15-8-28(9-16-43)27-6-13-38-14-7-27)23-34(45)42-17-11-32(12-18-42)44-19-10-29-4-2-3-5-33(29)40-37(44)47/h2-5,20,22,24,27-28,30,32,38H,6-19,21,23H2,1H3,(H,39,41)(H,40,47)/q+1. The first kappa shape index (κ1) is 31.8. The number of anilines is 1. The molecular weight excluding hydrogens is 590 g/mol. The first-order valence-electron chi connectivity index (χ1n) is 17.8. The average molecular weight is 640 g/mol. The highest BCUT2D eigenvalue weighted by Gasteiger charge is 2.41. The van der Waals surface area contributed by atoms with E-state index in [2.05, 4.69) is 46.0 Å². The molecule has 0 aliphatic carbocycles. The SMILES string of the molecule is Cc1cc(CC(CC(=O)N2CCC(N3CCc4ccccc4NC3=O)CC2)C(=O)[N+]2CCC(C3CCNCC3)CC2)cc2cn[nH]c12. The summed E-state index contributed by atoms with van der Waals surface area (Å²) in [5.41, 5.74) is 5.22. The molecule has 4 aliphatic heterocycles. The van der Waals surface area contributed by atoms with Crippen LogP contribution in [-0.4, -0.2) is 89.7 Å². The van der Waals surface area contributed by atoms with Crippen LogP contribution in [0, 0.1) is 24.7 Å². The molecule has 3 fully saturated rings. The van der Waals surface area contributed by atoms with Crippen molar-refractivity contribution >= 4 is 34.4 Å². The van der Waals surface area contributed by atoms with E-state index in [1.165, 1.54) is 12.8 Å². The summed E-state index contributed by atoms with van der Waals surface area (Å²) in [7, 11) is 0. The number of aromatic amines is 1. The van der Waals surface area contributed by atoms with Crippen LogP contribution in [0.5, 0.6) is 0 Å². The monoisotopic (exact) mass is 639 g/mol. The summed E-state index contributed by atoms with van der Waals surface area (Å²) < 4.78 is 0. The predicted molar refractivity (Wildman–Crippen MR) is 183 cm³/mol. The quantitative estimate of drug-likeness (QED) is 0.328. The van der Waals surface area contributed by atoms with Gasteiger partial charge >= 0.3 is 11.9 Å². The van der Waals surface area contributed by atoms with E-state index in [0.717, 1.165) is 97.5 Å². The maximum absolute atomic E-state index is 14.2. The minimum Gasteiger partial charge on any atom is -0.343 e. The number of H-pyrrole nitrogens is 1. The van der Waals surface area contributed by atoms with Crippen molar-refractivity contribution in [2.75, 3.05) is 51.1 Å². The molecular formula is C37H49N7O3+. The molecule has 10 heteroatoms. The Morgan fingerprint density at radius 2 is 1.72 bits per heavy atom. The number of nitrogens with zero attached hydrogens (tertiary/aromatic N) is 4. The number of nitrogens with one attached hydrogen (secondary N) is 3. The number of aryl methyl sites for hydroxylation is 1. The van der Waals surface area contributed by atoms with Gasteiger partial charge in [0.25, 0.3) is 0 Å². The molecule has 4 aliphatic rings. The van der Waals surface area contributed by atoms with Gasteiger partial charge in [-0.15, -0.1) is 4.90 Å². The van der Waals surface area contributed by atoms with Gasteiger partial charge in [0.05, 0.1) is 17.6 Å². The largest absolute Gasteiger partial charge is 0.364 e. The summed E-state index contributed by atoms with van der Waals surface area (Å²) in [5, 5.41) is 14.9. The number of likely N-dealkylation sites (tertiary alicyclic amines) is 2. The maximum Gasteiger partial charge on any atom is 0.364 e. The number of carbonyl (C=O) groups is 3. The number of aromatic nitrogens is 2. The molecule has 0 bridgehead atoms. The first-order chi connectivity index (χ1) is 22.9. The number of amides is 4. The Bertz CT molecular complexity index is 1580. The summed E-state index contributed by atoms with van der Waals surface area (Å²) in [4.78, 5) is 47.1. The summed E-state index contributed by atoms with van der Waals surface area (Å²) in [6.45, 7) is 7.70. The second-order valence-corrected chi connectivity index (χ2v) is 14.2. The molecule has 1 atom stereocenters. The fourth-order valence-electron chi connectivity index (χ4n) is 8.63. The minimum absolute atomic E-state index is 0.0419. The molecule has 3 aromatic rings. The van der Waals surface area contributed by atoms with Crippen LogP contribution in [0.4, 0.5) is 10.5 Å². The van der Waals surface area contributed by atoms with Gasteiger partial charge in [0.15, 0.2) is 0 Å². The molecule has 249 valence electrons. The molecule has 1 aromatic heterocycles. The summed E-state index contributed by atoms with van der Waals surface area (Å²) in [5.74, 6) is 1.19. The number of urea groups is 1. The molecule has 3 N–H and O–H groups in total. The second-order valence-electron chi connectivity index (χ2n) is 14.2. The normalized spacial score (nSPS) is 21.3. The molecule has 4 amide bonds. The van der Waals surface area contributed by atoms with Crippen LogP contribution in [-0.2, 0) is 22.4 Å². The summed E-state index contributed by atoms with van der Waals surface area (Å²) in [6.07, 6.45) is 9.45. The highest BCUT2D eigenvalue weighted by molar-refractivity contribution is 5.91. The Hall–Kier alpha value is -3.76. The molecule has 7 rings (SSSR count). The highest BCUT2D eigenvalue weighted by atomic mass is 16.2. The summed E-state index contributed by atoms with van der Waals surface area (Å²) >= 11 is 0. The third-order valence-electron chi connectivity index (χ3n) is 11.4. The van der Waals surface area contributed by atoms with E-state index in [1.807, 2.05) is 39.1 Å². The number of benzene rings is 2. The van der Waals surface area contributed by atoms with Gasteiger partial charge in [-0.25, -0.2) is 9.59 Å². The van der Waals surface area contributed by atoms with E-state index in [1.54, 1.807) is 0 Å². The van der Waals surface area contributed by atoms with Crippen molar-refractivity contribution < 1.29 is 14.4 Å². The van der Waals surface area contributed by atoms with Crippen LogP contribution >= 0.6 is 0 Å². The number of carbonyl (C=O) groups excluding carboxylic acids is 3. The van der Waals surface area contributed by atoms with Gasteiger partial charge in [0.2, 0.25) is 5.91 Å². The van der Waals surface area contributed by atoms with Crippen molar-refractivity contribution in [3.63, 3.8) is 0 Å². The van der Waals surface area contributed by atoms with Crippen molar-refractivity contribution in [1.29, 1.82) is 0 Å². The second kappa shape index (κ2) is 14.2. The smallest absolute Gasteiger partial charge is 0.343 e. The van der Waals surface area contributed by atoms with Crippen LogP contribution < -0.4 is 15.5 Å². The maximum atomic E-state index is 14.2. The zero-order valence-corrected chi connectivity index (χ0v) is 27.7. The van der Waals surface area contributed by atoms with E-state index >= 15 is 0 Å². The van der Waals surface area contributed by atoms with Gasteiger partial charge in [-0.2, -0.15) is 5.10 Å². The number of piperidine rings is 3. The molecule has 1 radical (unpaired) electrons. The van der Waals surface area contributed by atoms with Gasteiger partial charge < -0.3 is 20.4 Å². The van der Waals surface area contributed by atoms with Crippen molar-refractivity contribution in [1.82, 2.24) is 30.2 Å². The molecule has 10 nitrogen and oxygen atoms in total. The van der Waals surface area contributed by atoms with Crippen LogP contribution in [0.1, 0.15) is 61.6 Å². The molecule has 1 unspecified atom stereocenters. The number of rotatable bonds is 7. The number of fused-ring (bicyclic) bond motifs is 2. The van der Waals surface area contributed by atoms with Crippen molar-refractivity contribution in [2.24, 2.45) is 17.8 Å². The Morgan fingerprint density at radius 3 is 2.51 bits per heavy atom. The number of para-hydroxylation sites is 1. The fourth-order valence-corrected chi connectivity index (χ4v) is 8.63. The van der Waals surface area contributed by atoms with Crippen molar-refractivity contribution in [3.8, 4) is 0 Å². The molecule has 2 aromatic carbocycles. The molecule has 0 saturated carbocycles. The third kappa shape index (κ3) is 7.09. The van der Waals surface area contributed by atoms with Crippen molar-refractivity contribution in [3.05, 3.63) is 59.3 Å². The lowest BCUT2D eigenvalue weighted by Crippen LogP contribution is -2.51. The van der Waals surface area contributed by atoms with Crippen LogP contribution in [0.15, 0.2) is 42.6 Å². The Kier molecular flexibility index (Phi) is 9.58. The lowest BCUT2D eigenvalue weighted by molar-refractivity contribution is -0.139. The van der Waals surface area contributed by atoms with Gasteiger partial charge in [-0.1, -0.05) is 24.3 Å². The number of hydrogen-bond donors (Lipinski definition) is 3. The number of hydrogen-bond acceptors (Lipinski definition) is 5. The van der Waals surface area contributed by atoms with E-state index in [4.69, 9.17) is 0 Å². The third-order valence-corrected chi connectivity index (χ3v) is 11.4. The van der Waals surface area contributed by atoms with E-state index < -0.39 is 5.92 Å². The van der Waals surface area contributed by atoms with E-state index in [9.17, 15) is 14.4 Å². The zero-order chi connectivity index (χ0) is 32.3. The lowest BCUT2D eigenvalue weighted by atomic mass is 9.79. The first-order valence-corrected chi connectivity index (χ1v) is 17.8. The van der Waals surface area contributed by atoms with E-state index in [-0.39, 0.29) is 30.3 Å². The summed E-state index contributed by atoms with van der Waals surface area (Å²) in [6, 6.07) is 12.3. The average Bonchev–Trinajstić information content (AvgIpc) is 3.52. The van der Waals surface area contributed by atoms with Crippen LogP contribution in [0.3, 0.4) is 0 Å². The molecule has 5 heterocycles. The Balaban J connectivity index is 1.00. The highest BCUT2D eigenvalue weighted by Crippen LogP contribution is 2.32. The fraction of sp³-hybridized carbons (Fsp3) is 0.568. The molecule has 3 saturated heterocycles. The van der Waals surface area contributed by atoms with Gasteiger partial charge in [-0.05, 0) is 99.2 Å². The molecule has 47 heavy (non-hydrogen) atoms. The molecule has 0 spiro atoms. The van der Waals surface area contributed by atoms with Gasteiger partial charge in [-0.3, -0.25) is 9.89 Å². The zero-order valence-electron chi connectivity index (χ0n) is 27.7. The Morgan fingerprint density at radius 1 is 0.979 bits per heavy atom. The van der Waals surface area contributed by atoms with Crippen LogP contribution in [0.2, 0.25) is 0 Å². The lowest BCUT2D eigenvalue weighted by Gasteiger charge is -2.38. The minimum atomic E-state index is -0.408. The predicted octanol–water partition coefficient (Wildman–Crippen LogP) is 4.58. The Labute approximate surface area is 277 Å². The van der Waals surface area contributed by atoms with Gasteiger partial charge in [0, 0.05) is 56.0 Å². The van der Waals surface area contributed by atoms with Crippen LogP contribution in [0.25, 0.3) is 10.9 Å². The van der Waals surface area contributed by atoms with Crippen molar-refractivity contribution in [2.45, 2.75) is 70.8 Å². The van der Waals surface area contributed by atoms with E-state index in [0.29, 0.717) is 32.0 Å². The van der Waals surface area contributed by atoms with Gasteiger partial charge in [0.1, 0.15) is 13.1 Å².